The predicted octanol–water partition coefficient (Wildman–Crippen LogP) is 4.05. The van der Waals surface area contributed by atoms with Crippen LogP contribution in [-0.4, -0.2) is 36.2 Å². The summed E-state index contributed by atoms with van der Waals surface area (Å²) in [5.74, 6) is 0.593. The highest BCUT2D eigenvalue weighted by atomic mass is 16.7. The Morgan fingerprint density at radius 3 is 2.58 bits per heavy atom. The van der Waals surface area contributed by atoms with Gasteiger partial charge in [0.25, 0.3) is 5.79 Å². The molecule has 0 N–H and O–H groups in total. The molecular weight excluding hydrogens is 396 g/mol. The van der Waals surface area contributed by atoms with Crippen LogP contribution >= 0.6 is 0 Å². The third-order valence-electron chi connectivity index (χ3n) is 10.1. The van der Waals surface area contributed by atoms with Gasteiger partial charge in [0.05, 0.1) is 6.61 Å². The molecule has 1 heterocycles. The number of hydrogen-bond acceptors (Lipinski definition) is 6. The van der Waals surface area contributed by atoms with E-state index >= 15 is 0 Å². The lowest BCUT2D eigenvalue weighted by molar-refractivity contribution is -0.264. The van der Waals surface area contributed by atoms with Gasteiger partial charge in [0.15, 0.2) is 6.10 Å². The number of Topliss-reactive ketones (excluding diaryl/α,β-unsaturated/α-hetero) is 1. The lowest BCUT2D eigenvalue weighted by Gasteiger charge is -2.60. The fourth-order valence-corrected chi connectivity index (χ4v) is 9.00. The van der Waals surface area contributed by atoms with Gasteiger partial charge in [-0.15, -0.1) is 0 Å². The quantitative estimate of drug-likeness (QED) is 0.626. The number of ketones is 1. The van der Waals surface area contributed by atoms with Crippen LogP contribution in [0.4, 0.5) is 0 Å². The second-order valence-corrected chi connectivity index (χ2v) is 11.3. The SMILES string of the molecule is CC[C@H]1C(=O)C[C@H]2[C@H]3CC[C@@H]4C[C@@H](OC(C)=O)[C@]5(OC(C)=O)C[C@]4(CO5)[C@@H]3CC[C@@]12C. The van der Waals surface area contributed by atoms with Crippen molar-refractivity contribution in [2.45, 2.75) is 91.0 Å². The molecule has 1 saturated heterocycles. The zero-order valence-electron chi connectivity index (χ0n) is 19.3. The minimum atomic E-state index is -1.16. The normalized spacial score (nSPS) is 50.3. The maximum atomic E-state index is 12.9. The zero-order valence-corrected chi connectivity index (χ0v) is 19.3. The van der Waals surface area contributed by atoms with E-state index in [-0.39, 0.29) is 22.7 Å². The van der Waals surface area contributed by atoms with Crippen LogP contribution < -0.4 is 0 Å². The molecule has 0 aromatic heterocycles. The molecule has 1 spiro atoms. The molecule has 0 amide bonds. The Hall–Kier alpha value is -1.43. The minimum Gasteiger partial charge on any atom is -0.456 e. The first kappa shape index (κ1) is 21.4. The molecule has 5 fully saturated rings. The predicted molar refractivity (Wildman–Crippen MR) is 112 cm³/mol. The number of rotatable bonds is 3. The molecule has 0 aromatic rings. The van der Waals surface area contributed by atoms with Crippen molar-refractivity contribution >= 4 is 17.7 Å². The average Bonchev–Trinajstić information content (AvgIpc) is 3.14. The molecule has 9 atom stereocenters. The molecule has 0 unspecified atom stereocenters. The second kappa shape index (κ2) is 7.03. The largest absolute Gasteiger partial charge is 0.456 e. The second-order valence-electron chi connectivity index (χ2n) is 11.3. The molecule has 0 radical (unpaired) electrons. The maximum Gasteiger partial charge on any atom is 0.305 e. The minimum absolute atomic E-state index is 0.0519. The monoisotopic (exact) mass is 432 g/mol. The molecule has 6 nitrogen and oxygen atoms in total. The summed E-state index contributed by atoms with van der Waals surface area (Å²) in [5, 5.41) is 0. The van der Waals surface area contributed by atoms with E-state index in [0.29, 0.717) is 48.9 Å². The van der Waals surface area contributed by atoms with Gasteiger partial charge in [-0.25, -0.2) is 0 Å². The van der Waals surface area contributed by atoms with Crippen LogP contribution in [0.5, 0.6) is 0 Å². The van der Waals surface area contributed by atoms with Crippen LogP contribution in [0.3, 0.4) is 0 Å². The topological polar surface area (TPSA) is 78.9 Å². The molecule has 4 saturated carbocycles. The van der Waals surface area contributed by atoms with Crippen molar-refractivity contribution in [1.82, 2.24) is 0 Å². The molecule has 31 heavy (non-hydrogen) atoms. The van der Waals surface area contributed by atoms with Gasteiger partial charge >= 0.3 is 11.9 Å². The summed E-state index contributed by atoms with van der Waals surface area (Å²) in [5.41, 5.74) is 0.0710. The van der Waals surface area contributed by atoms with Crippen molar-refractivity contribution < 1.29 is 28.6 Å². The molecular formula is C25H36O6. The van der Waals surface area contributed by atoms with E-state index in [9.17, 15) is 14.4 Å². The van der Waals surface area contributed by atoms with Crippen LogP contribution in [-0.2, 0) is 28.6 Å². The van der Waals surface area contributed by atoms with E-state index in [0.717, 1.165) is 38.5 Å². The summed E-state index contributed by atoms with van der Waals surface area (Å²) in [6, 6.07) is 0. The van der Waals surface area contributed by atoms with E-state index in [2.05, 4.69) is 13.8 Å². The van der Waals surface area contributed by atoms with E-state index < -0.39 is 17.9 Å². The number of carbonyl (C=O) groups excluding carboxylic acids is 3. The summed E-state index contributed by atoms with van der Waals surface area (Å²) in [7, 11) is 0. The third-order valence-corrected chi connectivity index (χ3v) is 10.1. The van der Waals surface area contributed by atoms with Gasteiger partial charge in [0.1, 0.15) is 5.78 Å². The smallest absolute Gasteiger partial charge is 0.305 e. The van der Waals surface area contributed by atoms with Gasteiger partial charge in [0, 0.05) is 38.0 Å². The summed E-state index contributed by atoms with van der Waals surface area (Å²) in [4.78, 5) is 36.7. The first-order valence-electron chi connectivity index (χ1n) is 12.2. The fourth-order valence-electron chi connectivity index (χ4n) is 9.00. The summed E-state index contributed by atoms with van der Waals surface area (Å²) < 4.78 is 17.7. The Kier molecular flexibility index (Phi) is 4.86. The number of carbonyl (C=O) groups is 3. The van der Waals surface area contributed by atoms with Crippen molar-refractivity contribution in [3.63, 3.8) is 0 Å². The Labute approximate surface area is 184 Å². The number of esters is 2. The van der Waals surface area contributed by atoms with Crippen molar-refractivity contribution in [3.8, 4) is 0 Å². The first-order valence-corrected chi connectivity index (χ1v) is 12.2. The van der Waals surface area contributed by atoms with E-state index in [1.165, 1.54) is 13.8 Å². The van der Waals surface area contributed by atoms with Gasteiger partial charge in [-0.1, -0.05) is 13.8 Å². The Bertz CT molecular complexity index is 808. The first-order chi connectivity index (χ1) is 14.6. The van der Waals surface area contributed by atoms with Crippen molar-refractivity contribution in [2.24, 2.45) is 40.4 Å². The molecule has 172 valence electrons. The van der Waals surface area contributed by atoms with E-state index in [1.54, 1.807) is 0 Å². The molecule has 6 heteroatoms. The van der Waals surface area contributed by atoms with Crippen molar-refractivity contribution in [3.05, 3.63) is 0 Å². The lowest BCUT2D eigenvalue weighted by Crippen LogP contribution is -2.59. The van der Waals surface area contributed by atoms with Crippen LogP contribution in [0.1, 0.15) is 79.1 Å². The standard InChI is InChI=1S/C25H36O6/c1-5-18-21(28)11-20-17-7-6-16-10-22(30-14(2)26)25(31-15(3)27)12-24(16,13-29-25)19(17)8-9-23(18,20)4/h16-20,22H,5-13H2,1-4H3/t16-,17+,18+,19-,20+,22-,23+,24-,25-/m1/s1. The number of hydrogen-bond donors (Lipinski definition) is 0. The fraction of sp³-hybridized carbons (Fsp3) is 0.880. The summed E-state index contributed by atoms with van der Waals surface area (Å²) in [6.07, 6.45) is 6.82. The number of ether oxygens (including phenoxy) is 3. The highest BCUT2D eigenvalue weighted by Crippen LogP contribution is 2.70. The van der Waals surface area contributed by atoms with E-state index in [1.807, 2.05) is 0 Å². The van der Waals surface area contributed by atoms with Gasteiger partial charge < -0.3 is 14.2 Å². The molecule has 5 aliphatic rings. The van der Waals surface area contributed by atoms with Crippen molar-refractivity contribution in [1.29, 1.82) is 0 Å². The molecule has 2 bridgehead atoms. The van der Waals surface area contributed by atoms with Crippen LogP contribution in [0.2, 0.25) is 0 Å². The molecule has 5 rings (SSSR count). The highest BCUT2D eigenvalue weighted by molar-refractivity contribution is 5.84. The average molecular weight is 433 g/mol. The van der Waals surface area contributed by atoms with Crippen LogP contribution in [0, 0.1) is 40.4 Å². The van der Waals surface area contributed by atoms with Gasteiger partial charge in [-0.2, -0.15) is 0 Å². The maximum absolute atomic E-state index is 12.9. The highest BCUT2D eigenvalue weighted by Gasteiger charge is 2.71. The Morgan fingerprint density at radius 1 is 1.13 bits per heavy atom. The third kappa shape index (κ3) is 2.89. The van der Waals surface area contributed by atoms with Crippen LogP contribution in [0.25, 0.3) is 0 Å². The zero-order chi connectivity index (χ0) is 22.2. The Morgan fingerprint density at radius 2 is 1.90 bits per heavy atom. The molecule has 1 aliphatic heterocycles. The summed E-state index contributed by atoms with van der Waals surface area (Å²) >= 11 is 0. The number of fused-ring (bicyclic) bond motifs is 4. The van der Waals surface area contributed by atoms with Crippen LogP contribution in [0.15, 0.2) is 0 Å². The lowest BCUT2D eigenvalue weighted by atomic mass is 9.44. The van der Waals surface area contributed by atoms with E-state index in [4.69, 9.17) is 14.2 Å². The van der Waals surface area contributed by atoms with Gasteiger partial charge in [-0.05, 0) is 67.6 Å². The molecule has 0 aromatic carbocycles. The summed E-state index contributed by atoms with van der Waals surface area (Å²) in [6.45, 7) is 7.87. The van der Waals surface area contributed by atoms with Gasteiger partial charge in [0.2, 0.25) is 0 Å². The van der Waals surface area contributed by atoms with Gasteiger partial charge in [-0.3, -0.25) is 14.4 Å². The Balaban J connectivity index is 1.48. The molecule has 4 aliphatic carbocycles. The van der Waals surface area contributed by atoms with Crippen molar-refractivity contribution in [2.75, 3.05) is 6.61 Å².